The molecule has 0 saturated heterocycles. The molecular formula is C23H17Cl3N2O3. The van der Waals surface area contributed by atoms with Gasteiger partial charge in [-0.2, -0.15) is 5.26 Å². The van der Waals surface area contributed by atoms with Crippen molar-refractivity contribution in [2.45, 2.75) is 31.8 Å². The van der Waals surface area contributed by atoms with E-state index in [1.165, 1.54) is 0 Å². The standard InChI is InChI=1S/C23H17Cl3N2O3/c24-14-6-4-12(5-7-14)11-30-22-16(25)8-13(9-17(22)26)20-15(10-27)23(28)31-19-3-1-2-18(29)21(19)20/h4-9,20H,1-3,11,28H2/t20-/m1/s1. The number of nitrogens with two attached hydrogens (primary N) is 1. The van der Waals surface area contributed by atoms with E-state index in [0.717, 1.165) is 5.56 Å². The second-order valence-electron chi connectivity index (χ2n) is 7.27. The Balaban J connectivity index is 1.69. The molecule has 0 amide bonds. The average Bonchev–Trinajstić information content (AvgIpc) is 2.73. The summed E-state index contributed by atoms with van der Waals surface area (Å²) in [5.41, 5.74) is 8.08. The predicted molar refractivity (Wildman–Crippen MR) is 119 cm³/mol. The van der Waals surface area contributed by atoms with Crippen LogP contribution in [-0.4, -0.2) is 5.78 Å². The summed E-state index contributed by atoms with van der Waals surface area (Å²) in [6.45, 7) is 0.247. The first-order valence-corrected chi connectivity index (χ1v) is 10.7. The summed E-state index contributed by atoms with van der Waals surface area (Å²) < 4.78 is 11.4. The van der Waals surface area contributed by atoms with E-state index in [2.05, 4.69) is 6.07 Å². The Morgan fingerprint density at radius 1 is 1.13 bits per heavy atom. The fraction of sp³-hybridized carbons (Fsp3) is 0.217. The van der Waals surface area contributed by atoms with E-state index >= 15 is 0 Å². The van der Waals surface area contributed by atoms with Crippen molar-refractivity contribution in [3.63, 3.8) is 0 Å². The molecule has 0 fully saturated rings. The van der Waals surface area contributed by atoms with Crippen LogP contribution in [-0.2, 0) is 16.1 Å². The Hall–Kier alpha value is -2.65. The fourth-order valence-corrected chi connectivity index (χ4v) is 4.55. The van der Waals surface area contributed by atoms with Crippen molar-refractivity contribution in [2.24, 2.45) is 5.73 Å². The summed E-state index contributed by atoms with van der Waals surface area (Å²) in [7, 11) is 0. The van der Waals surface area contributed by atoms with Gasteiger partial charge in [-0.25, -0.2) is 0 Å². The van der Waals surface area contributed by atoms with Crippen LogP contribution in [0.15, 0.2) is 59.2 Å². The highest BCUT2D eigenvalue weighted by Crippen LogP contribution is 2.46. The number of Topliss-reactive ketones (excluding diaryl/α,β-unsaturated/α-hetero) is 1. The van der Waals surface area contributed by atoms with Crippen LogP contribution in [0.5, 0.6) is 5.75 Å². The number of nitrogens with zero attached hydrogens (tertiary/aromatic N) is 1. The molecule has 0 saturated carbocycles. The number of benzene rings is 2. The van der Waals surface area contributed by atoms with Crippen LogP contribution in [0.2, 0.25) is 15.1 Å². The smallest absolute Gasteiger partial charge is 0.205 e. The molecule has 158 valence electrons. The highest BCUT2D eigenvalue weighted by atomic mass is 35.5. The van der Waals surface area contributed by atoms with Crippen LogP contribution >= 0.6 is 34.8 Å². The number of rotatable bonds is 4. The van der Waals surface area contributed by atoms with Gasteiger partial charge in [-0.05, 0) is 41.8 Å². The van der Waals surface area contributed by atoms with Gasteiger partial charge in [-0.15, -0.1) is 0 Å². The van der Waals surface area contributed by atoms with E-state index in [0.29, 0.717) is 46.9 Å². The lowest BCUT2D eigenvalue weighted by atomic mass is 9.77. The minimum atomic E-state index is -0.679. The lowest BCUT2D eigenvalue weighted by Gasteiger charge is -2.31. The number of allylic oxidation sites excluding steroid dienone is 3. The van der Waals surface area contributed by atoms with Crippen LogP contribution in [0.3, 0.4) is 0 Å². The van der Waals surface area contributed by atoms with Crippen molar-refractivity contribution in [3.8, 4) is 11.8 Å². The molecule has 5 nitrogen and oxygen atoms in total. The molecule has 2 N–H and O–H groups in total. The number of halogens is 3. The first-order chi connectivity index (χ1) is 14.9. The number of nitriles is 1. The largest absolute Gasteiger partial charge is 0.486 e. The minimum Gasteiger partial charge on any atom is -0.486 e. The van der Waals surface area contributed by atoms with Gasteiger partial charge < -0.3 is 15.2 Å². The monoisotopic (exact) mass is 474 g/mol. The zero-order chi connectivity index (χ0) is 22.1. The maximum atomic E-state index is 12.7. The molecule has 0 radical (unpaired) electrons. The lowest BCUT2D eigenvalue weighted by Crippen LogP contribution is -2.27. The Bertz CT molecular complexity index is 1140. The maximum Gasteiger partial charge on any atom is 0.205 e. The van der Waals surface area contributed by atoms with E-state index in [4.69, 9.17) is 50.0 Å². The molecule has 31 heavy (non-hydrogen) atoms. The number of ketones is 1. The highest BCUT2D eigenvalue weighted by molar-refractivity contribution is 6.37. The number of hydrogen-bond acceptors (Lipinski definition) is 5. The van der Waals surface area contributed by atoms with E-state index in [1.54, 1.807) is 24.3 Å². The third-order valence-electron chi connectivity index (χ3n) is 5.26. The molecule has 0 unspecified atom stereocenters. The Morgan fingerprint density at radius 3 is 2.45 bits per heavy atom. The van der Waals surface area contributed by atoms with E-state index in [9.17, 15) is 10.1 Å². The van der Waals surface area contributed by atoms with E-state index in [1.807, 2.05) is 12.1 Å². The van der Waals surface area contributed by atoms with Gasteiger partial charge in [-0.3, -0.25) is 4.79 Å². The molecule has 0 bridgehead atoms. The fourth-order valence-electron chi connectivity index (χ4n) is 3.81. The number of carbonyl (C=O) groups is 1. The maximum absolute atomic E-state index is 12.7. The Kier molecular flexibility index (Phi) is 6.15. The molecule has 1 aliphatic carbocycles. The van der Waals surface area contributed by atoms with Crippen LogP contribution in [0, 0.1) is 11.3 Å². The highest BCUT2D eigenvalue weighted by Gasteiger charge is 2.38. The first kappa shape index (κ1) is 21.6. The zero-order valence-electron chi connectivity index (χ0n) is 16.3. The van der Waals surface area contributed by atoms with Crippen molar-refractivity contribution in [1.82, 2.24) is 0 Å². The minimum absolute atomic E-state index is 0.00346. The van der Waals surface area contributed by atoms with Gasteiger partial charge in [0.05, 0.1) is 16.0 Å². The molecule has 1 atom stereocenters. The number of carbonyl (C=O) groups excluding carboxylic acids is 1. The molecule has 1 aliphatic heterocycles. The second-order valence-corrected chi connectivity index (χ2v) is 8.52. The molecule has 0 aromatic heterocycles. The van der Waals surface area contributed by atoms with Gasteiger partial charge in [-0.1, -0.05) is 46.9 Å². The quantitative estimate of drug-likeness (QED) is 0.582. The molecule has 0 spiro atoms. The normalized spacial score (nSPS) is 18.4. The summed E-state index contributed by atoms with van der Waals surface area (Å²) in [4.78, 5) is 12.7. The summed E-state index contributed by atoms with van der Waals surface area (Å²) in [6.07, 6.45) is 1.65. The van der Waals surface area contributed by atoms with Crippen LogP contribution in [0.25, 0.3) is 0 Å². The lowest BCUT2D eigenvalue weighted by molar-refractivity contribution is -0.116. The summed E-state index contributed by atoms with van der Waals surface area (Å²) in [5.74, 6) is 0.0710. The van der Waals surface area contributed by atoms with Crippen molar-refractivity contribution >= 4 is 40.6 Å². The van der Waals surface area contributed by atoms with Gasteiger partial charge in [0.2, 0.25) is 5.88 Å². The third-order valence-corrected chi connectivity index (χ3v) is 6.07. The van der Waals surface area contributed by atoms with Crippen LogP contribution in [0.4, 0.5) is 0 Å². The summed E-state index contributed by atoms with van der Waals surface area (Å²) >= 11 is 18.9. The van der Waals surface area contributed by atoms with Crippen molar-refractivity contribution in [3.05, 3.63) is 85.4 Å². The Labute approximate surface area is 194 Å². The van der Waals surface area contributed by atoms with E-state index in [-0.39, 0.29) is 33.9 Å². The topological polar surface area (TPSA) is 85.3 Å². The van der Waals surface area contributed by atoms with Gasteiger partial charge in [0.15, 0.2) is 11.5 Å². The molecule has 2 aliphatic rings. The third kappa shape index (κ3) is 4.24. The van der Waals surface area contributed by atoms with Crippen LogP contribution < -0.4 is 10.5 Å². The molecule has 2 aromatic rings. The summed E-state index contributed by atoms with van der Waals surface area (Å²) in [5, 5.41) is 10.9. The van der Waals surface area contributed by atoms with Gasteiger partial charge >= 0.3 is 0 Å². The molecule has 1 heterocycles. The van der Waals surface area contributed by atoms with Crippen LogP contribution in [0.1, 0.15) is 36.3 Å². The van der Waals surface area contributed by atoms with Crippen molar-refractivity contribution in [2.75, 3.05) is 0 Å². The summed E-state index contributed by atoms with van der Waals surface area (Å²) in [6, 6.07) is 12.6. The predicted octanol–water partition coefficient (Wildman–Crippen LogP) is 6.04. The first-order valence-electron chi connectivity index (χ1n) is 9.59. The van der Waals surface area contributed by atoms with Gasteiger partial charge in [0.25, 0.3) is 0 Å². The zero-order valence-corrected chi connectivity index (χ0v) is 18.5. The molecule has 2 aromatic carbocycles. The molecule has 4 rings (SSSR count). The molecular weight excluding hydrogens is 459 g/mol. The molecule has 8 heteroatoms. The van der Waals surface area contributed by atoms with Gasteiger partial charge in [0, 0.05) is 23.4 Å². The Morgan fingerprint density at radius 2 is 1.81 bits per heavy atom. The SMILES string of the molecule is N#CC1=C(N)OC2=C(C(=O)CCC2)[C@@H]1c1cc(Cl)c(OCc2ccc(Cl)cc2)c(Cl)c1. The second kappa shape index (κ2) is 8.84. The average molecular weight is 476 g/mol. The van der Waals surface area contributed by atoms with Crippen molar-refractivity contribution in [1.29, 1.82) is 5.26 Å². The number of ether oxygens (including phenoxy) is 2. The van der Waals surface area contributed by atoms with Gasteiger partial charge in [0.1, 0.15) is 24.0 Å². The van der Waals surface area contributed by atoms with Crippen molar-refractivity contribution < 1.29 is 14.3 Å². The number of hydrogen-bond donors (Lipinski definition) is 1. The van der Waals surface area contributed by atoms with E-state index < -0.39 is 5.92 Å².